The number of nitrogens with zero attached hydrogens (tertiary/aromatic N) is 2. The molecular weight excluding hydrogens is 368 g/mol. The summed E-state index contributed by atoms with van der Waals surface area (Å²) in [6.45, 7) is -0.462. The number of carbonyl (C=O) groups excluding carboxylic acids is 1. The second-order valence-corrected chi connectivity index (χ2v) is 5.97. The van der Waals surface area contributed by atoms with Crippen LogP contribution in [0.4, 0.5) is 0 Å². The Morgan fingerprint density at radius 2 is 1.41 bits per heavy atom. The number of hydrogen-bond acceptors (Lipinski definition) is 5. The highest BCUT2D eigenvalue weighted by molar-refractivity contribution is 6.51. The molecule has 0 saturated carbocycles. The van der Waals surface area contributed by atoms with Crippen LogP contribution in [0.3, 0.4) is 0 Å². The van der Waals surface area contributed by atoms with Crippen LogP contribution >= 0.6 is 0 Å². The molecule has 0 aromatic heterocycles. The predicted octanol–water partition coefficient (Wildman–Crippen LogP) is 3.86. The Morgan fingerprint density at radius 3 is 2.07 bits per heavy atom. The molecule has 0 aliphatic heterocycles. The molecule has 1 N–H and O–H groups in total. The molecule has 0 saturated heterocycles. The lowest BCUT2D eigenvalue weighted by atomic mass is 10.0. The first-order chi connectivity index (χ1) is 14.1. The fraction of sp³-hybridized carbons (Fsp3) is 0.0435. The Morgan fingerprint density at radius 1 is 0.828 bits per heavy atom. The van der Waals surface area contributed by atoms with E-state index < -0.39 is 12.6 Å². The Hall–Kier alpha value is -4.06. The topological polar surface area (TPSA) is 88.3 Å². The number of ketones is 1. The van der Waals surface area contributed by atoms with Gasteiger partial charge in [-0.3, -0.25) is 4.79 Å². The Balaban J connectivity index is 1.92. The Bertz CT molecular complexity index is 1040. The number of benzene rings is 3. The van der Waals surface area contributed by atoms with E-state index in [-0.39, 0.29) is 11.5 Å². The minimum atomic E-state index is -1.07. The first-order valence-electron chi connectivity index (χ1n) is 8.85. The molecule has 29 heavy (non-hydrogen) atoms. The minimum Gasteiger partial charge on any atom is -0.481 e. The van der Waals surface area contributed by atoms with Gasteiger partial charge in [0.05, 0.1) is 6.21 Å². The molecular formula is C23H18N2O4. The van der Waals surface area contributed by atoms with Crippen LogP contribution in [-0.4, -0.2) is 35.4 Å². The van der Waals surface area contributed by atoms with Gasteiger partial charge in [-0.1, -0.05) is 72.8 Å². The third-order valence-electron chi connectivity index (χ3n) is 3.92. The van der Waals surface area contributed by atoms with Gasteiger partial charge in [0.1, 0.15) is 11.5 Å². The van der Waals surface area contributed by atoms with Crippen molar-refractivity contribution in [3.8, 4) is 5.75 Å². The highest BCUT2D eigenvalue weighted by Gasteiger charge is 2.16. The zero-order valence-electron chi connectivity index (χ0n) is 15.4. The van der Waals surface area contributed by atoms with Gasteiger partial charge in [0, 0.05) is 16.7 Å². The maximum atomic E-state index is 12.9. The number of ether oxygens (including phenoxy) is 1. The first kappa shape index (κ1) is 19.7. The van der Waals surface area contributed by atoms with E-state index in [1.54, 1.807) is 60.7 Å². The minimum absolute atomic E-state index is 0.206. The third kappa shape index (κ3) is 5.46. The smallest absolute Gasteiger partial charge is 0.341 e. The van der Waals surface area contributed by atoms with Crippen molar-refractivity contribution in [1.82, 2.24) is 0 Å². The van der Waals surface area contributed by atoms with Crippen molar-refractivity contribution in [2.75, 3.05) is 6.61 Å². The molecule has 6 nitrogen and oxygen atoms in total. The van der Waals surface area contributed by atoms with Crippen molar-refractivity contribution in [3.05, 3.63) is 102 Å². The molecule has 3 aromatic carbocycles. The van der Waals surface area contributed by atoms with Gasteiger partial charge >= 0.3 is 5.97 Å². The molecule has 0 atom stereocenters. The fourth-order valence-electron chi connectivity index (χ4n) is 2.56. The Labute approximate surface area is 167 Å². The van der Waals surface area contributed by atoms with Crippen LogP contribution < -0.4 is 4.74 Å². The number of carboxylic acid groups (broad SMARTS) is 1. The number of Topliss-reactive ketones (excluding diaryl/α,β-unsaturated/α-hetero) is 1. The van der Waals surface area contributed by atoms with E-state index in [1.807, 2.05) is 24.3 Å². The summed E-state index contributed by atoms with van der Waals surface area (Å²) in [6.07, 6.45) is 1.43. The van der Waals surface area contributed by atoms with Crippen molar-refractivity contribution < 1.29 is 19.4 Å². The Kier molecular flexibility index (Phi) is 6.62. The zero-order chi connectivity index (χ0) is 20.5. The van der Waals surface area contributed by atoms with Crippen LogP contribution in [0, 0.1) is 0 Å². The normalized spacial score (nSPS) is 11.4. The van der Waals surface area contributed by atoms with Crippen molar-refractivity contribution in [2.45, 2.75) is 0 Å². The number of rotatable bonds is 8. The summed E-state index contributed by atoms with van der Waals surface area (Å²) in [5.74, 6) is -0.955. The van der Waals surface area contributed by atoms with Crippen LogP contribution in [0.2, 0.25) is 0 Å². The third-order valence-corrected chi connectivity index (χ3v) is 3.92. The van der Waals surface area contributed by atoms with Crippen molar-refractivity contribution in [3.63, 3.8) is 0 Å². The SMILES string of the molecule is O=C(O)COc1ccccc1/C=N\N=C(/C(=O)c1ccccc1)c1ccccc1. The summed E-state index contributed by atoms with van der Waals surface area (Å²) >= 11 is 0. The van der Waals surface area contributed by atoms with E-state index in [9.17, 15) is 9.59 Å². The molecule has 3 rings (SSSR count). The van der Waals surface area contributed by atoms with Gasteiger partial charge in [-0.05, 0) is 12.1 Å². The molecule has 144 valence electrons. The lowest BCUT2D eigenvalue weighted by Gasteiger charge is -2.06. The van der Waals surface area contributed by atoms with Crippen molar-refractivity contribution >= 4 is 23.7 Å². The van der Waals surface area contributed by atoms with Gasteiger partial charge in [-0.25, -0.2) is 4.79 Å². The quantitative estimate of drug-likeness (QED) is 0.362. The molecule has 0 amide bonds. The van der Waals surface area contributed by atoms with Gasteiger partial charge in [0.2, 0.25) is 5.78 Å². The summed E-state index contributed by atoms with van der Waals surface area (Å²) in [5.41, 5.74) is 1.92. The number of para-hydroxylation sites is 1. The molecule has 6 heteroatoms. The number of aliphatic carboxylic acids is 1. The maximum Gasteiger partial charge on any atom is 0.341 e. The van der Waals surface area contributed by atoms with Crippen molar-refractivity contribution in [2.24, 2.45) is 10.2 Å². The molecule has 0 spiro atoms. The highest BCUT2D eigenvalue weighted by atomic mass is 16.5. The number of carboxylic acids is 1. The van der Waals surface area contributed by atoms with E-state index in [1.165, 1.54) is 6.21 Å². The van der Waals surface area contributed by atoms with Gasteiger partial charge in [0.15, 0.2) is 6.61 Å². The van der Waals surface area contributed by atoms with Gasteiger partial charge in [-0.15, -0.1) is 5.10 Å². The van der Waals surface area contributed by atoms with Crippen LogP contribution in [0.5, 0.6) is 5.75 Å². The van der Waals surface area contributed by atoms with Crippen LogP contribution in [0.25, 0.3) is 0 Å². The van der Waals surface area contributed by atoms with E-state index in [0.717, 1.165) is 0 Å². The molecule has 0 bridgehead atoms. The summed E-state index contributed by atoms with van der Waals surface area (Å²) < 4.78 is 5.25. The second-order valence-electron chi connectivity index (χ2n) is 5.97. The average Bonchev–Trinajstić information content (AvgIpc) is 2.76. The second kappa shape index (κ2) is 9.75. The molecule has 0 fully saturated rings. The van der Waals surface area contributed by atoms with E-state index in [0.29, 0.717) is 22.4 Å². The summed E-state index contributed by atoms with van der Waals surface area (Å²) in [5, 5.41) is 17.0. The summed E-state index contributed by atoms with van der Waals surface area (Å²) in [6, 6.07) is 24.8. The molecule has 3 aromatic rings. The van der Waals surface area contributed by atoms with Crippen LogP contribution in [0.1, 0.15) is 21.5 Å². The van der Waals surface area contributed by atoms with Crippen molar-refractivity contribution in [1.29, 1.82) is 0 Å². The maximum absolute atomic E-state index is 12.9. The van der Waals surface area contributed by atoms with E-state index in [2.05, 4.69) is 10.2 Å². The highest BCUT2D eigenvalue weighted by Crippen LogP contribution is 2.16. The number of hydrogen-bond donors (Lipinski definition) is 1. The first-order valence-corrected chi connectivity index (χ1v) is 8.85. The lowest BCUT2D eigenvalue weighted by molar-refractivity contribution is -0.139. The standard InChI is InChI=1S/C23H18N2O4/c26-21(27)16-29-20-14-8-7-13-19(20)15-24-25-22(17-9-3-1-4-10-17)23(28)18-11-5-2-6-12-18/h1-15H,16H2,(H,26,27)/b24-15-,25-22-. The summed E-state index contributed by atoms with van der Waals surface area (Å²) in [4.78, 5) is 23.7. The van der Waals surface area contributed by atoms with E-state index >= 15 is 0 Å². The van der Waals surface area contributed by atoms with Crippen LogP contribution in [0.15, 0.2) is 95.1 Å². The molecule has 0 aliphatic carbocycles. The largest absolute Gasteiger partial charge is 0.481 e. The zero-order valence-corrected chi connectivity index (χ0v) is 15.4. The van der Waals surface area contributed by atoms with Crippen LogP contribution in [-0.2, 0) is 4.79 Å². The van der Waals surface area contributed by atoms with Gasteiger partial charge in [0.25, 0.3) is 0 Å². The summed E-state index contributed by atoms with van der Waals surface area (Å²) in [7, 11) is 0. The molecule has 0 unspecified atom stereocenters. The fourth-order valence-corrected chi connectivity index (χ4v) is 2.56. The average molecular weight is 386 g/mol. The molecule has 0 aliphatic rings. The molecule has 0 radical (unpaired) electrons. The van der Waals surface area contributed by atoms with E-state index in [4.69, 9.17) is 9.84 Å². The lowest BCUT2D eigenvalue weighted by Crippen LogP contribution is -2.15. The predicted molar refractivity (Wildman–Crippen MR) is 111 cm³/mol. The van der Waals surface area contributed by atoms with Gasteiger partial charge < -0.3 is 9.84 Å². The number of carbonyl (C=O) groups is 2. The molecule has 0 heterocycles. The van der Waals surface area contributed by atoms with Gasteiger partial charge in [-0.2, -0.15) is 5.10 Å². The monoisotopic (exact) mass is 386 g/mol.